The van der Waals surface area contributed by atoms with E-state index in [9.17, 15) is 13.2 Å². The number of sulfonamides is 1. The third-order valence-electron chi connectivity index (χ3n) is 6.34. The standard InChI is InChI=1S/C24H29N3O4S/c1-17-23(18(2)31-25-17)32(29,30)27-15-12-21(13-16-27)24(28)26(3)14-11-20-9-6-8-19-7-4-5-10-22(19)20/h4-10,21H,11-16H2,1-3H3. The van der Waals surface area contributed by atoms with E-state index in [1.807, 2.05) is 19.2 Å². The first-order chi connectivity index (χ1) is 15.3. The van der Waals surface area contributed by atoms with Crippen molar-refractivity contribution in [2.75, 3.05) is 26.7 Å². The fraction of sp³-hybridized carbons (Fsp3) is 0.417. The van der Waals surface area contributed by atoms with Crippen molar-refractivity contribution < 1.29 is 17.7 Å². The summed E-state index contributed by atoms with van der Waals surface area (Å²) in [5, 5.41) is 6.18. The topological polar surface area (TPSA) is 83.7 Å². The van der Waals surface area contributed by atoms with Crippen molar-refractivity contribution in [1.29, 1.82) is 0 Å². The summed E-state index contributed by atoms with van der Waals surface area (Å²) >= 11 is 0. The maximum Gasteiger partial charge on any atom is 0.248 e. The quantitative estimate of drug-likeness (QED) is 0.568. The van der Waals surface area contributed by atoms with E-state index < -0.39 is 10.0 Å². The monoisotopic (exact) mass is 455 g/mol. The van der Waals surface area contributed by atoms with Crippen LogP contribution in [0.15, 0.2) is 51.9 Å². The highest BCUT2D eigenvalue weighted by Crippen LogP contribution is 2.28. The molecule has 1 aliphatic rings. The molecule has 3 aromatic rings. The summed E-state index contributed by atoms with van der Waals surface area (Å²) in [4.78, 5) is 14.9. The van der Waals surface area contributed by atoms with Crippen molar-refractivity contribution in [3.63, 3.8) is 0 Å². The lowest BCUT2D eigenvalue weighted by Gasteiger charge is -2.32. The van der Waals surface area contributed by atoms with Gasteiger partial charge in [-0.05, 0) is 49.4 Å². The Hall–Kier alpha value is -2.71. The van der Waals surface area contributed by atoms with Crippen LogP contribution in [0.1, 0.15) is 29.9 Å². The number of aryl methyl sites for hydroxylation is 2. The molecular weight excluding hydrogens is 426 g/mol. The highest BCUT2D eigenvalue weighted by atomic mass is 32.2. The Morgan fingerprint density at radius 2 is 1.81 bits per heavy atom. The number of carbonyl (C=O) groups excluding carboxylic acids is 1. The molecule has 4 rings (SSSR count). The summed E-state index contributed by atoms with van der Waals surface area (Å²) in [5.41, 5.74) is 1.59. The smallest absolute Gasteiger partial charge is 0.248 e. The molecule has 170 valence electrons. The number of aromatic nitrogens is 1. The largest absolute Gasteiger partial charge is 0.360 e. The third kappa shape index (κ3) is 4.29. The van der Waals surface area contributed by atoms with Gasteiger partial charge in [0.2, 0.25) is 15.9 Å². The van der Waals surface area contributed by atoms with Gasteiger partial charge in [-0.25, -0.2) is 8.42 Å². The first-order valence-electron chi connectivity index (χ1n) is 10.9. The molecule has 1 saturated heterocycles. The lowest BCUT2D eigenvalue weighted by Crippen LogP contribution is -2.44. The van der Waals surface area contributed by atoms with Crippen LogP contribution in [0.25, 0.3) is 10.8 Å². The maximum absolute atomic E-state index is 13.0. The van der Waals surface area contributed by atoms with Crippen molar-refractivity contribution in [3.05, 3.63) is 59.5 Å². The average Bonchev–Trinajstić information content (AvgIpc) is 3.15. The Morgan fingerprint density at radius 3 is 2.50 bits per heavy atom. The van der Waals surface area contributed by atoms with Gasteiger partial charge in [-0.15, -0.1) is 0 Å². The van der Waals surface area contributed by atoms with Crippen LogP contribution in [0.2, 0.25) is 0 Å². The van der Waals surface area contributed by atoms with E-state index in [4.69, 9.17) is 4.52 Å². The number of benzene rings is 2. The van der Waals surface area contributed by atoms with Crippen LogP contribution in [0.3, 0.4) is 0 Å². The van der Waals surface area contributed by atoms with Gasteiger partial charge >= 0.3 is 0 Å². The summed E-state index contributed by atoms with van der Waals surface area (Å²) < 4.78 is 32.5. The summed E-state index contributed by atoms with van der Waals surface area (Å²) in [6.07, 6.45) is 1.81. The number of piperidine rings is 1. The number of amides is 1. The number of hydrogen-bond donors (Lipinski definition) is 0. The van der Waals surface area contributed by atoms with Crippen LogP contribution < -0.4 is 0 Å². The minimum absolute atomic E-state index is 0.0830. The maximum atomic E-state index is 13.0. The van der Waals surface area contributed by atoms with Crippen molar-refractivity contribution in [1.82, 2.24) is 14.4 Å². The van der Waals surface area contributed by atoms with Crippen LogP contribution in [-0.2, 0) is 21.2 Å². The molecule has 0 atom stereocenters. The molecule has 1 fully saturated rings. The highest BCUT2D eigenvalue weighted by molar-refractivity contribution is 7.89. The third-order valence-corrected chi connectivity index (χ3v) is 8.49. The Morgan fingerprint density at radius 1 is 1.12 bits per heavy atom. The molecule has 2 heterocycles. The van der Waals surface area contributed by atoms with Gasteiger partial charge in [0, 0.05) is 32.6 Å². The highest BCUT2D eigenvalue weighted by Gasteiger charge is 2.36. The second-order valence-corrected chi connectivity index (χ2v) is 10.4. The molecule has 0 spiro atoms. The van der Waals surface area contributed by atoms with Gasteiger partial charge in [-0.3, -0.25) is 4.79 Å². The van der Waals surface area contributed by atoms with E-state index in [1.54, 1.807) is 18.7 Å². The minimum Gasteiger partial charge on any atom is -0.360 e. The molecule has 0 radical (unpaired) electrons. The predicted molar refractivity (Wildman–Crippen MR) is 123 cm³/mol. The fourth-order valence-electron chi connectivity index (χ4n) is 4.54. The van der Waals surface area contributed by atoms with Gasteiger partial charge in [0.05, 0.1) is 0 Å². The molecule has 1 aliphatic heterocycles. The second-order valence-electron chi connectivity index (χ2n) is 8.48. The Kier molecular flexibility index (Phi) is 6.35. The molecule has 0 aliphatic carbocycles. The van der Waals surface area contributed by atoms with Gasteiger partial charge in [0.1, 0.15) is 10.6 Å². The predicted octanol–water partition coefficient (Wildman–Crippen LogP) is 3.55. The van der Waals surface area contributed by atoms with E-state index >= 15 is 0 Å². The van der Waals surface area contributed by atoms with Crippen LogP contribution >= 0.6 is 0 Å². The van der Waals surface area contributed by atoms with E-state index in [0.717, 1.165) is 6.42 Å². The van der Waals surface area contributed by atoms with E-state index in [1.165, 1.54) is 20.6 Å². The zero-order chi connectivity index (χ0) is 22.9. The fourth-order valence-corrected chi connectivity index (χ4v) is 6.30. The number of hydrogen-bond acceptors (Lipinski definition) is 5. The summed E-state index contributed by atoms with van der Waals surface area (Å²) in [7, 11) is -1.83. The number of rotatable bonds is 6. The Labute approximate surface area is 189 Å². The van der Waals surface area contributed by atoms with Gasteiger partial charge < -0.3 is 9.42 Å². The number of nitrogens with zero attached hydrogens (tertiary/aromatic N) is 3. The van der Waals surface area contributed by atoms with Gasteiger partial charge in [-0.2, -0.15) is 4.31 Å². The second kappa shape index (κ2) is 9.03. The molecule has 0 saturated carbocycles. The zero-order valence-electron chi connectivity index (χ0n) is 18.7. The number of likely N-dealkylation sites (N-methyl/N-ethyl adjacent to an activating group) is 1. The van der Waals surface area contributed by atoms with E-state index in [2.05, 4.69) is 35.5 Å². The number of carbonyl (C=O) groups is 1. The van der Waals surface area contributed by atoms with Gasteiger partial charge in [-0.1, -0.05) is 47.6 Å². The first-order valence-corrected chi connectivity index (χ1v) is 12.4. The minimum atomic E-state index is -3.66. The summed E-state index contributed by atoms with van der Waals surface area (Å²) in [6, 6.07) is 14.5. The van der Waals surface area contributed by atoms with E-state index in [0.29, 0.717) is 43.9 Å². The molecule has 0 unspecified atom stereocenters. The van der Waals surface area contributed by atoms with Crippen molar-refractivity contribution >= 4 is 26.7 Å². The molecule has 32 heavy (non-hydrogen) atoms. The van der Waals surface area contributed by atoms with E-state index in [-0.39, 0.29) is 16.7 Å². The summed E-state index contributed by atoms with van der Waals surface area (Å²) in [6.45, 7) is 4.50. The molecular formula is C24H29N3O4S. The SMILES string of the molecule is Cc1noc(C)c1S(=O)(=O)N1CCC(C(=O)N(C)CCc2cccc3ccccc23)CC1. The number of fused-ring (bicyclic) bond motifs is 1. The summed E-state index contributed by atoms with van der Waals surface area (Å²) in [5.74, 6) is 0.220. The molecule has 0 bridgehead atoms. The molecule has 2 aromatic carbocycles. The molecule has 1 aromatic heterocycles. The Bertz CT molecular complexity index is 1200. The van der Waals surface area contributed by atoms with Crippen LogP contribution in [0, 0.1) is 19.8 Å². The van der Waals surface area contributed by atoms with Crippen molar-refractivity contribution in [3.8, 4) is 0 Å². The van der Waals surface area contributed by atoms with Gasteiger partial charge in [0.25, 0.3) is 0 Å². The van der Waals surface area contributed by atoms with Crippen molar-refractivity contribution in [2.24, 2.45) is 5.92 Å². The Balaban J connectivity index is 1.36. The first kappa shape index (κ1) is 22.5. The lowest BCUT2D eigenvalue weighted by atomic mass is 9.96. The van der Waals surface area contributed by atoms with Crippen LogP contribution in [0.4, 0.5) is 0 Å². The van der Waals surface area contributed by atoms with Crippen LogP contribution in [0.5, 0.6) is 0 Å². The zero-order valence-corrected chi connectivity index (χ0v) is 19.6. The van der Waals surface area contributed by atoms with Crippen molar-refractivity contribution in [2.45, 2.75) is 38.0 Å². The lowest BCUT2D eigenvalue weighted by molar-refractivity contribution is -0.135. The molecule has 8 heteroatoms. The molecule has 1 amide bonds. The van der Waals surface area contributed by atoms with Gasteiger partial charge in [0.15, 0.2) is 5.76 Å². The average molecular weight is 456 g/mol. The molecule has 0 N–H and O–H groups in total. The van der Waals surface area contributed by atoms with Crippen LogP contribution in [-0.4, -0.2) is 55.4 Å². The normalized spacial score (nSPS) is 15.8. The molecule has 7 nitrogen and oxygen atoms in total.